The van der Waals surface area contributed by atoms with Crippen molar-refractivity contribution in [2.75, 3.05) is 0 Å². The third-order valence-electron chi connectivity index (χ3n) is 1.85. The Hall–Kier alpha value is -1.22. The Bertz CT molecular complexity index is 416. The summed E-state index contributed by atoms with van der Waals surface area (Å²) >= 11 is -0.137. The van der Waals surface area contributed by atoms with Gasteiger partial charge in [0, 0.05) is 0 Å². The lowest BCUT2D eigenvalue weighted by Gasteiger charge is -2.00. The smallest absolute Gasteiger partial charge is 0.272 e. The second-order valence-corrected chi connectivity index (χ2v) is 2.95. The van der Waals surface area contributed by atoms with E-state index in [1.807, 2.05) is 36.4 Å². The van der Waals surface area contributed by atoms with Gasteiger partial charge in [-0.25, -0.2) is 0 Å². The normalized spacial score (nSPS) is 10.2. The van der Waals surface area contributed by atoms with Gasteiger partial charge in [-0.3, -0.25) is 0 Å². The zero-order chi connectivity index (χ0) is 9.10. The van der Waals surface area contributed by atoms with E-state index in [9.17, 15) is 3.89 Å². The summed E-state index contributed by atoms with van der Waals surface area (Å²) < 4.78 is 16.4. The molecule has 0 aliphatic carbocycles. The van der Waals surface area contributed by atoms with Gasteiger partial charge in [0.05, 0.1) is 0 Å². The Kier molecular flexibility index (Phi) is 2.36. The highest BCUT2D eigenvalue weighted by Gasteiger charge is 1.96. The van der Waals surface area contributed by atoms with Crippen LogP contribution in [0.4, 0.5) is 3.89 Å². The van der Waals surface area contributed by atoms with Gasteiger partial charge in [-0.05, 0) is 22.9 Å². The van der Waals surface area contributed by atoms with Gasteiger partial charge in [-0.1, -0.05) is 30.3 Å². The maximum Gasteiger partial charge on any atom is 0.272 e. The molecular weight excluding hydrogens is 187 g/mol. The van der Waals surface area contributed by atoms with Crippen LogP contribution in [0.1, 0.15) is 0 Å². The maximum absolute atomic E-state index is 11.8. The fraction of sp³-hybridized carbons (Fsp3) is 0. The molecule has 0 spiro atoms. The van der Waals surface area contributed by atoms with Gasteiger partial charge in [-0.2, -0.15) is 0 Å². The van der Waals surface area contributed by atoms with E-state index in [-0.39, 0.29) is 12.4 Å². The highest BCUT2D eigenvalue weighted by atomic mass is 32.2. The molecule has 0 saturated heterocycles. The van der Waals surface area contributed by atoms with E-state index >= 15 is 0 Å². The molecule has 0 N–H and O–H groups in total. The molecule has 0 aromatic heterocycles. The summed E-state index contributed by atoms with van der Waals surface area (Å²) in [5.74, 6) is 0.534. The summed E-state index contributed by atoms with van der Waals surface area (Å²) in [6.45, 7) is 0. The highest BCUT2D eigenvalue weighted by molar-refractivity contribution is 7.89. The molecule has 0 unspecified atom stereocenters. The second-order valence-electron chi connectivity index (χ2n) is 2.66. The topological polar surface area (TPSA) is 9.23 Å². The third kappa shape index (κ3) is 1.75. The lowest BCUT2D eigenvalue weighted by atomic mass is 10.1. The summed E-state index contributed by atoms with van der Waals surface area (Å²) in [6, 6.07) is 13.3. The molecule has 0 radical (unpaired) electrons. The number of fused-ring (bicyclic) bond motifs is 1. The zero-order valence-corrected chi connectivity index (χ0v) is 7.55. The average Bonchev–Trinajstić information content (AvgIpc) is 2.18. The van der Waals surface area contributed by atoms with E-state index in [2.05, 4.69) is 4.18 Å². The van der Waals surface area contributed by atoms with Crippen LogP contribution in [0, 0.1) is 0 Å². The van der Waals surface area contributed by atoms with Crippen LogP contribution < -0.4 is 4.18 Å². The van der Waals surface area contributed by atoms with Crippen molar-refractivity contribution in [3.63, 3.8) is 0 Å². The predicted molar refractivity (Wildman–Crippen MR) is 53.3 cm³/mol. The summed E-state index contributed by atoms with van der Waals surface area (Å²) in [7, 11) is 0. The quantitative estimate of drug-likeness (QED) is 0.673. The molecule has 0 fully saturated rings. The number of hydrogen-bond acceptors (Lipinski definition) is 2. The van der Waals surface area contributed by atoms with E-state index in [4.69, 9.17) is 0 Å². The third-order valence-corrected chi connectivity index (χ3v) is 2.10. The van der Waals surface area contributed by atoms with Crippen LogP contribution in [-0.4, -0.2) is 0 Å². The summed E-state index contributed by atoms with van der Waals surface area (Å²) in [5.41, 5.74) is 0. The number of rotatable bonds is 2. The highest BCUT2D eigenvalue weighted by Crippen LogP contribution is 2.23. The van der Waals surface area contributed by atoms with Gasteiger partial charge >= 0.3 is 0 Å². The molecule has 0 aliphatic rings. The van der Waals surface area contributed by atoms with Gasteiger partial charge in [0.25, 0.3) is 12.4 Å². The van der Waals surface area contributed by atoms with Crippen molar-refractivity contribution >= 4 is 23.2 Å². The van der Waals surface area contributed by atoms with Gasteiger partial charge in [0.15, 0.2) is 0 Å². The molecule has 2 aromatic rings. The molecule has 0 heterocycles. The van der Waals surface area contributed by atoms with Gasteiger partial charge in [-0.15, -0.1) is 3.89 Å². The fourth-order valence-corrected chi connectivity index (χ4v) is 1.43. The van der Waals surface area contributed by atoms with Crippen molar-refractivity contribution in [2.45, 2.75) is 0 Å². The zero-order valence-electron chi connectivity index (χ0n) is 6.74. The lowest BCUT2D eigenvalue weighted by molar-refractivity contribution is 0.612. The van der Waals surface area contributed by atoms with Crippen molar-refractivity contribution in [2.24, 2.45) is 0 Å². The monoisotopic (exact) mass is 194 g/mol. The molecule has 0 amide bonds. The molecule has 1 nitrogen and oxygen atoms in total. The van der Waals surface area contributed by atoms with Crippen molar-refractivity contribution < 1.29 is 8.07 Å². The number of halogens is 1. The standard InChI is InChI=1S/C10H7FOS/c11-13-12-10-6-5-8-3-1-2-4-9(8)7-10/h1-7H. The Morgan fingerprint density at radius 3 is 2.54 bits per heavy atom. The van der Waals surface area contributed by atoms with E-state index in [1.54, 1.807) is 6.07 Å². The molecule has 0 saturated carbocycles. The molecule has 0 atom stereocenters. The Morgan fingerprint density at radius 2 is 1.77 bits per heavy atom. The van der Waals surface area contributed by atoms with Gasteiger partial charge in [0.2, 0.25) is 0 Å². The number of benzene rings is 2. The minimum atomic E-state index is -0.137. The van der Waals surface area contributed by atoms with E-state index in [1.165, 1.54) is 0 Å². The van der Waals surface area contributed by atoms with Crippen LogP contribution >= 0.6 is 12.4 Å². The van der Waals surface area contributed by atoms with Gasteiger partial charge in [0.1, 0.15) is 5.75 Å². The number of hydrogen-bond donors (Lipinski definition) is 0. The van der Waals surface area contributed by atoms with Crippen molar-refractivity contribution in [1.82, 2.24) is 0 Å². The van der Waals surface area contributed by atoms with Crippen molar-refractivity contribution in [1.29, 1.82) is 0 Å². The van der Waals surface area contributed by atoms with Crippen LogP contribution in [0.15, 0.2) is 42.5 Å². The van der Waals surface area contributed by atoms with Crippen molar-refractivity contribution in [3.8, 4) is 5.75 Å². The minimum absolute atomic E-state index is 0.137. The molecular formula is C10H7FOS. The molecule has 0 bridgehead atoms. The predicted octanol–water partition coefficient (Wildman–Crippen LogP) is 3.75. The molecule has 3 heteroatoms. The largest absolute Gasteiger partial charge is 0.397 e. The summed E-state index contributed by atoms with van der Waals surface area (Å²) in [4.78, 5) is 0. The minimum Gasteiger partial charge on any atom is -0.397 e. The van der Waals surface area contributed by atoms with E-state index in [0.29, 0.717) is 5.75 Å². The van der Waals surface area contributed by atoms with Crippen LogP contribution in [0.5, 0.6) is 5.75 Å². The Morgan fingerprint density at radius 1 is 1.00 bits per heavy atom. The first kappa shape index (κ1) is 8.38. The van der Waals surface area contributed by atoms with Crippen LogP contribution in [-0.2, 0) is 0 Å². The summed E-state index contributed by atoms with van der Waals surface area (Å²) in [6.07, 6.45) is 0. The Labute approximate surface area is 80.0 Å². The SMILES string of the molecule is FSOc1ccc2ccccc2c1. The lowest BCUT2D eigenvalue weighted by Crippen LogP contribution is -1.77. The fourth-order valence-electron chi connectivity index (χ4n) is 1.26. The van der Waals surface area contributed by atoms with E-state index < -0.39 is 0 Å². The molecule has 2 rings (SSSR count). The van der Waals surface area contributed by atoms with Gasteiger partial charge < -0.3 is 4.18 Å². The molecule has 2 aromatic carbocycles. The second kappa shape index (κ2) is 3.66. The summed E-state index contributed by atoms with van der Waals surface area (Å²) in [5, 5.41) is 2.17. The first-order valence-corrected chi connectivity index (χ1v) is 4.48. The van der Waals surface area contributed by atoms with Crippen LogP contribution in [0.3, 0.4) is 0 Å². The van der Waals surface area contributed by atoms with Crippen LogP contribution in [0.2, 0.25) is 0 Å². The van der Waals surface area contributed by atoms with Crippen molar-refractivity contribution in [3.05, 3.63) is 42.5 Å². The first-order valence-electron chi connectivity index (χ1n) is 3.84. The molecule has 0 aliphatic heterocycles. The Balaban J connectivity index is 2.49. The van der Waals surface area contributed by atoms with Crippen LogP contribution in [0.25, 0.3) is 10.8 Å². The maximum atomic E-state index is 11.8. The first-order chi connectivity index (χ1) is 6.40. The molecule has 66 valence electrons. The average molecular weight is 194 g/mol. The molecule has 13 heavy (non-hydrogen) atoms. The van der Waals surface area contributed by atoms with E-state index in [0.717, 1.165) is 10.8 Å².